The fraction of sp³-hybridized carbons (Fsp3) is 0.842. The van der Waals surface area contributed by atoms with Gasteiger partial charge in [0.15, 0.2) is 5.78 Å². The van der Waals surface area contributed by atoms with E-state index in [1.54, 1.807) is 20.8 Å². The van der Waals surface area contributed by atoms with Crippen molar-refractivity contribution in [1.29, 1.82) is 0 Å². The average Bonchev–Trinajstić information content (AvgIpc) is 3.04. The topological polar surface area (TPSA) is 87.7 Å². The quantitative estimate of drug-likeness (QED) is 0.684. The van der Waals surface area contributed by atoms with Crippen molar-refractivity contribution in [2.24, 2.45) is 0 Å². The van der Waals surface area contributed by atoms with Gasteiger partial charge in [0.05, 0.1) is 6.04 Å². The maximum absolute atomic E-state index is 11.9. The SMILES string of the molecule is CC.CC(=O)[C@H](CCC(=O)NCCN1CCCC1)NC(=O)OC(C)(C)C. The lowest BCUT2D eigenvalue weighted by molar-refractivity contribution is -0.122. The number of rotatable bonds is 8. The number of nitrogens with one attached hydrogen (secondary N) is 2. The fourth-order valence-electron chi connectivity index (χ4n) is 2.55. The highest BCUT2D eigenvalue weighted by molar-refractivity contribution is 5.86. The van der Waals surface area contributed by atoms with E-state index in [1.807, 2.05) is 13.8 Å². The molecule has 0 aromatic carbocycles. The summed E-state index contributed by atoms with van der Waals surface area (Å²) in [5.74, 6) is -0.294. The summed E-state index contributed by atoms with van der Waals surface area (Å²) in [6.07, 6.45) is 2.27. The molecule has 152 valence electrons. The number of ether oxygens (including phenoxy) is 1. The van der Waals surface area contributed by atoms with Crippen LogP contribution in [0.2, 0.25) is 0 Å². The van der Waals surface area contributed by atoms with Gasteiger partial charge in [0.2, 0.25) is 5.91 Å². The van der Waals surface area contributed by atoms with Crippen LogP contribution in [0.15, 0.2) is 0 Å². The zero-order valence-electron chi connectivity index (χ0n) is 17.3. The van der Waals surface area contributed by atoms with Gasteiger partial charge in [0, 0.05) is 19.5 Å². The van der Waals surface area contributed by atoms with E-state index >= 15 is 0 Å². The number of amides is 2. The Hall–Kier alpha value is -1.63. The molecule has 1 heterocycles. The van der Waals surface area contributed by atoms with E-state index in [0.717, 1.165) is 19.6 Å². The van der Waals surface area contributed by atoms with Crippen LogP contribution in [0.25, 0.3) is 0 Å². The maximum atomic E-state index is 11.9. The molecule has 1 fully saturated rings. The van der Waals surface area contributed by atoms with Crippen LogP contribution in [0.5, 0.6) is 0 Å². The lowest BCUT2D eigenvalue weighted by atomic mass is 10.1. The summed E-state index contributed by atoms with van der Waals surface area (Å²) in [6, 6.07) is -0.704. The van der Waals surface area contributed by atoms with E-state index < -0.39 is 17.7 Å². The van der Waals surface area contributed by atoms with Crippen molar-refractivity contribution < 1.29 is 19.1 Å². The van der Waals surface area contributed by atoms with Gasteiger partial charge in [-0.25, -0.2) is 4.79 Å². The van der Waals surface area contributed by atoms with Crippen molar-refractivity contribution in [1.82, 2.24) is 15.5 Å². The lowest BCUT2D eigenvalue weighted by Gasteiger charge is -2.22. The molecule has 26 heavy (non-hydrogen) atoms. The maximum Gasteiger partial charge on any atom is 0.408 e. The third kappa shape index (κ3) is 11.8. The molecule has 1 aliphatic heterocycles. The zero-order chi connectivity index (χ0) is 20.2. The minimum atomic E-state index is -0.704. The smallest absolute Gasteiger partial charge is 0.408 e. The summed E-state index contributed by atoms with van der Waals surface area (Å²) in [4.78, 5) is 37.6. The second-order valence-electron chi connectivity index (χ2n) is 7.25. The molecule has 1 rings (SSSR count). The normalized spacial score (nSPS) is 15.5. The monoisotopic (exact) mass is 371 g/mol. The number of nitrogens with zero attached hydrogens (tertiary/aromatic N) is 1. The number of hydrogen-bond donors (Lipinski definition) is 2. The number of carbonyl (C=O) groups is 3. The Morgan fingerprint density at radius 3 is 2.19 bits per heavy atom. The molecule has 1 aliphatic rings. The van der Waals surface area contributed by atoms with Crippen molar-refractivity contribution in [2.45, 2.75) is 78.9 Å². The first-order valence-corrected chi connectivity index (χ1v) is 9.66. The first kappa shape index (κ1) is 24.4. The molecule has 2 N–H and O–H groups in total. The van der Waals surface area contributed by atoms with Crippen LogP contribution < -0.4 is 10.6 Å². The van der Waals surface area contributed by atoms with Crippen LogP contribution in [-0.4, -0.2) is 60.5 Å². The molecular weight excluding hydrogens is 334 g/mol. The van der Waals surface area contributed by atoms with Crippen molar-refractivity contribution in [3.63, 3.8) is 0 Å². The summed E-state index contributed by atoms with van der Waals surface area (Å²) in [5, 5.41) is 5.39. The van der Waals surface area contributed by atoms with Crippen molar-refractivity contribution >= 4 is 17.8 Å². The van der Waals surface area contributed by atoms with Crippen LogP contribution in [0.1, 0.15) is 67.2 Å². The minimum absolute atomic E-state index is 0.105. The number of alkyl carbamates (subject to hydrolysis) is 1. The molecule has 1 saturated heterocycles. The third-order valence-electron chi connectivity index (χ3n) is 3.79. The Morgan fingerprint density at radius 1 is 1.12 bits per heavy atom. The number of Topliss-reactive ketones (excluding diaryl/α,β-unsaturated/α-hetero) is 1. The highest BCUT2D eigenvalue weighted by Crippen LogP contribution is 2.08. The number of hydrogen-bond acceptors (Lipinski definition) is 5. The molecule has 0 unspecified atom stereocenters. The van der Waals surface area contributed by atoms with Crippen LogP contribution in [0.4, 0.5) is 4.79 Å². The minimum Gasteiger partial charge on any atom is -0.444 e. The van der Waals surface area contributed by atoms with Crippen LogP contribution in [0.3, 0.4) is 0 Å². The van der Waals surface area contributed by atoms with Crippen LogP contribution >= 0.6 is 0 Å². The van der Waals surface area contributed by atoms with Gasteiger partial charge < -0.3 is 20.3 Å². The zero-order valence-corrected chi connectivity index (χ0v) is 17.3. The molecule has 1 atom stereocenters. The lowest BCUT2D eigenvalue weighted by Crippen LogP contribution is -2.43. The number of carbonyl (C=O) groups excluding carboxylic acids is 3. The molecule has 0 spiro atoms. The van der Waals surface area contributed by atoms with Crippen molar-refractivity contribution in [3.8, 4) is 0 Å². The van der Waals surface area contributed by atoms with Gasteiger partial charge in [-0.15, -0.1) is 0 Å². The Kier molecular flexibility index (Phi) is 11.9. The van der Waals surface area contributed by atoms with E-state index in [2.05, 4.69) is 15.5 Å². The van der Waals surface area contributed by atoms with Gasteiger partial charge in [-0.1, -0.05) is 13.8 Å². The Balaban J connectivity index is 0.00000301. The standard InChI is InChI=1S/C17H31N3O4.C2H6/c1-13(21)14(19-16(23)24-17(2,3)4)7-8-15(22)18-9-12-20-10-5-6-11-20;1-2/h14H,5-12H2,1-4H3,(H,18,22)(H,19,23);1-2H3/t14-;/m0./s1. The highest BCUT2D eigenvalue weighted by atomic mass is 16.6. The predicted octanol–water partition coefficient (Wildman–Crippen LogP) is 2.49. The molecule has 0 saturated carbocycles. The Labute approximate surface area is 158 Å². The van der Waals surface area contributed by atoms with E-state index in [9.17, 15) is 14.4 Å². The van der Waals surface area contributed by atoms with E-state index in [1.165, 1.54) is 19.8 Å². The van der Waals surface area contributed by atoms with Gasteiger partial charge in [-0.3, -0.25) is 9.59 Å². The predicted molar refractivity (Wildman–Crippen MR) is 103 cm³/mol. The molecule has 2 amide bonds. The summed E-state index contributed by atoms with van der Waals surface area (Å²) in [5.41, 5.74) is -0.627. The van der Waals surface area contributed by atoms with Gasteiger partial charge in [-0.05, 0) is 60.0 Å². The molecule has 0 aliphatic carbocycles. The molecular formula is C19H37N3O4. The van der Waals surface area contributed by atoms with E-state index in [-0.39, 0.29) is 24.5 Å². The third-order valence-corrected chi connectivity index (χ3v) is 3.79. The van der Waals surface area contributed by atoms with Gasteiger partial charge in [0.1, 0.15) is 5.60 Å². The number of likely N-dealkylation sites (tertiary alicyclic amines) is 1. The average molecular weight is 372 g/mol. The van der Waals surface area contributed by atoms with E-state index in [4.69, 9.17) is 4.74 Å². The van der Waals surface area contributed by atoms with Crippen molar-refractivity contribution in [2.75, 3.05) is 26.2 Å². The van der Waals surface area contributed by atoms with E-state index in [0.29, 0.717) is 6.54 Å². The van der Waals surface area contributed by atoms with Gasteiger partial charge >= 0.3 is 6.09 Å². The summed E-state index contributed by atoms with van der Waals surface area (Å²) in [6.45, 7) is 14.3. The highest BCUT2D eigenvalue weighted by Gasteiger charge is 2.22. The Morgan fingerprint density at radius 2 is 1.69 bits per heavy atom. The summed E-state index contributed by atoms with van der Waals surface area (Å²) in [7, 11) is 0. The Bertz CT molecular complexity index is 441. The first-order valence-electron chi connectivity index (χ1n) is 9.66. The molecule has 0 radical (unpaired) electrons. The van der Waals surface area contributed by atoms with Crippen LogP contribution in [-0.2, 0) is 14.3 Å². The largest absolute Gasteiger partial charge is 0.444 e. The fourth-order valence-corrected chi connectivity index (χ4v) is 2.55. The second kappa shape index (κ2) is 12.7. The summed E-state index contributed by atoms with van der Waals surface area (Å²) < 4.78 is 5.14. The second-order valence-corrected chi connectivity index (χ2v) is 7.25. The summed E-state index contributed by atoms with van der Waals surface area (Å²) >= 11 is 0. The van der Waals surface area contributed by atoms with Crippen molar-refractivity contribution in [3.05, 3.63) is 0 Å². The molecule has 0 bridgehead atoms. The van der Waals surface area contributed by atoms with Crippen LogP contribution in [0, 0.1) is 0 Å². The first-order chi connectivity index (χ1) is 12.2. The number of ketones is 1. The van der Waals surface area contributed by atoms with Gasteiger partial charge in [-0.2, -0.15) is 0 Å². The molecule has 7 heteroatoms. The molecule has 0 aromatic heterocycles. The molecule has 7 nitrogen and oxygen atoms in total. The molecule has 0 aromatic rings. The van der Waals surface area contributed by atoms with Gasteiger partial charge in [0.25, 0.3) is 0 Å².